The molecule has 1 heterocycles. The third kappa shape index (κ3) is 3.43. The van der Waals surface area contributed by atoms with Crippen LogP contribution in [-0.2, 0) is 4.74 Å². The molecule has 2 atom stereocenters. The van der Waals surface area contributed by atoms with E-state index in [1.165, 1.54) is 0 Å². The van der Waals surface area contributed by atoms with Gasteiger partial charge in [-0.25, -0.2) is 0 Å². The van der Waals surface area contributed by atoms with E-state index in [2.05, 4.69) is 39.6 Å². The van der Waals surface area contributed by atoms with Crippen molar-refractivity contribution in [1.29, 1.82) is 0 Å². The van der Waals surface area contributed by atoms with Gasteiger partial charge < -0.3 is 10.5 Å². The van der Waals surface area contributed by atoms with Gasteiger partial charge in [0.1, 0.15) is 0 Å². The van der Waals surface area contributed by atoms with Gasteiger partial charge in [-0.1, -0.05) is 20.8 Å². The maximum absolute atomic E-state index is 6.09. The zero-order chi connectivity index (χ0) is 13.1. The molecule has 0 aliphatic carbocycles. The summed E-state index contributed by atoms with van der Waals surface area (Å²) in [6.45, 7) is 11.6. The predicted molar refractivity (Wildman–Crippen MR) is 73.1 cm³/mol. The van der Waals surface area contributed by atoms with Crippen LogP contribution in [0.1, 0.15) is 47.0 Å². The molecule has 1 aliphatic heterocycles. The van der Waals surface area contributed by atoms with Crippen molar-refractivity contribution >= 4 is 0 Å². The van der Waals surface area contributed by atoms with Gasteiger partial charge in [-0.05, 0) is 39.2 Å². The Morgan fingerprint density at radius 2 is 2.06 bits per heavy atom. The summed E-state index contributed by atoms with van der Waals surface area (Å²) in [5, 5.41) is 0. The lowest BCUT2D eigenvalue weighted by Crippen LogP contribution is -2.60. The summed E-state index contributed by atoms with van der Waals surface area (Å²) in [7, 11) is 2.22. The second-order valence-electron chi connectivity index (χ2n) is 6.28. The molecule has 0 radical (unpaired) electrons. The number of hydrogen-bond acceptors (Lipinski definition) is 3. The first-order valence-corrected chi connectivity index (χ1v) is 6.93. The third-order valence-corrected chi connectivity index (χ3v) is 4.30. The Labute approximate surface area is 107 Å². The van der Waals surface area contributed by atoms with Crippen LogP contribution in [0, 0.1) is 5.92 Å². The molecule has 1 aliphatic rings. The van der Waals surface area contributed by atoms with Gasteiger partial charge in [0.15, 0.2) is 0 Å². The second-order valence-corrected chi connectivity index (χ2v) is 6.28. The number of nitrogens with zero attached hydrogens (tertiary/aromatic N) is 1. The van der Waals surface area contributed by atoms with Crippen LogP contribution in [-0.4, -0.2) is 42.8 Å². The van der Waals surface area contributed by atoms with Gasteiger partial charge in [-0.3, -0.25) is 4.90 Å². The fourth-order valence-electron chi connectivity index (χ4n) is 2.95. The Morgan fingerprint density at radius 1 is 1.41 bits per heavy atom. The van der Waals surface area contributed by atoms with E-state index in [4.69, 9.17) is 10.5 Å². The molecule has 0 spiro atoms. The van der Waals surface area contributed by atoms with Gasteiger partial charge in [-0.15, -0.1) is 0 Å². The molecule has 102 valence electrons. The quantitative estimate of drug-likeness (QED) is 0.803. The maximum Gasteiger partial charge on any atom is 0.0670 e. The third-order valence-electron chi connectivity index (χ3n) is 4.30. The summed E-state index contributed by atoms with van der Waals surface area (Å²) in [6, 6.07) is 0. The molecule has 2 N–H and O–H groups in total. The van der Waals surface area contributed by atoms with Gasteiger partial charge in [-0.2, -0.15) is 0 Å². The normalized spacial score (nSPS) is 34.6. The minimum absolute atomic E-state index is 0.00284. The molecule has 0 aromatic carbocycles. The summed E-state index contributed by atoms with van der Waals surface area (Å²) in [4.78, 5) is 2.47. The van der Waals surface area contributed by atoms with Gasteiger partial charge in [0.2, 0.25) is 0 Å². The minimum Gasteiger partial charge on any atom is -0.375 e. The summed E-state index contributed by atoms with van der Waals surface area (Å²) < 4.78 is 5.94. The van der Waals surface area contributed by atoms with Crippen molar-refractivity contribution in [3.05, 3.63) is 0 Å². The molecule has 2 unspecified atom stereocenters. The standard InChI is InChI=1S/C14H30N2O/c1-6-13(4)10-14(11-15,7-8-17-13)16(5)9-12(2)3/h12H,6-11,15H2,1-5H3. The molecule has 0 amide bonds. The van der Waals surface area contributed by atoms with Crippen molar-refractivity contribution in [3.63, 3.8) is 0 Å². The fourth-order valence-corrected chi connectivity index (χ4v) is 2.95. The highest BCUT2D eigenvalue weighted by Gasteiger charge is 2.44. The topological polar surface area (TPSA) is 38.5 Å². The number of nitrogens with two attached hydrogens (primary N) is 1. The fraction of sp³-hybridized carbons (Fsp3) is 1.00. The minimum atomic E-state index is 0.00284. The van der Waals surface area contributed by atoms with Crippen LogP contribution >= 0.6 is 0 Å². The van der Waals surface area contributed by atoms with Crippen molar-refractivity contribution in [1.82, 2.24) is 4.90 Å². The Hall–Kier alpha value is -0.120. The number of ether oxygens (including phenoxy) is 1. The molecule has 1 fully saturated rings. The van der Waals surface area contributed by atoms with Gasteiger partial charge in [0.25, 0.3) is 0 Å². The first-order valence-electron chi connectivity index (χ1n) is 6.93. The molecule has 0 saturated carbocycles. The molecule has 3 nitrogen and oxygen atoms in total. The predicted octanol–water partition coefficient (Wildman–Crippen LogP) is 2.25. The van der Waals surface area contributed by atoms with Gasteiger partial charge >= 0.3 is 0 Å². The lowest BCUT2D eigenvalue weighted by molar-refractivity contribution is -0.126. The molecule has 3 heteroatoms. The number of likely N-dealkylation sites (N-methyl/N-ethyl adjacent to an activating group) is 1. The zero-order valence-corrected chi connectivity index (χ0v) is 12.3. The second kappa shape index (κ2) is 5.68. The van der Waals surface area contributed by atoms with Crippen molar-refractivity contribution in [2.24, 2.45) is 11.7 Å². The van der Waals surface area contributed by atoms with E-state index in [1.54, 1.807) is 0 Å². The van der Waals surface area contributed by atoms with Crippen LogP contribution in [0.15, 0.2) is 0 Å². The average Bonchev–Trinajstić information content (AvgIpc) is 2.28. The number of hydrogen-bond donors (Lipinski definition) is 1. The van der Waals surface area contributed by atoms with Crippen molar-refractivity contribution in [3.8, 4) is 0 Å². The van der Waals surface area contributed by atoms with Crippen LogP contribution in [0.2, 0.25) is 0 Å². The van der Waals surface area contributed by atoms with Gasteiger partial charge in [0.05, 0.1) is 5.60 Å². The first kappa shape index (κ1) is 14.9. The first-order chi connectivity index (χ1) is 7.87. The van der Waals surface area contributed by atoms with Crippen molar-refractivity contribution < 1.29 is 4.74 Å². The van der Waals surface area contributed by atoms with E-state index >= 15 is 0 Å². The Bertz CT molecular complexity index is 244. The molecule has 0 bridgehead atoms. The highest BCUT2D eigenvalue weighted by Crippen LogP contribution is 2.37. The SMILES string of the molecule is CCC1(C)CC(CN)(N(C)CC(C)C)CCO1. The molecule has 0 aromatic heterocycles. The largest absolute Gasteiger partial charge is 0.375 e. The lowest BCUT2D eigenvalue weighted by atomic mass is 9.78. The highest BCUT2D eigenvalue weighted by atomic mass is 16.5. The molecule has 17 heavy (non-hydrogen) atoms. The molecular weight excluding hydrogens is 212 g/mol. The summed E-state index contributed by atoms with van der Waals surface area (Å²) in [5.41, 5.74) is 6.23. The Balaban J connectivity index is 2.80. The summed E-state index contributed by atoms with van der Waals surface area (Å²) >= 11 is 0. The van der Waals surface area contributed by atoms with E-state index in [0.717, 1.165) is 39.0 Å². The maximum atomic E-state index is 6.09. The van der Waals surface area contributed by atoms with Crippen LogP contribution < -0.4 is 5.73 Å². The van der Waals surface area contributed by atoms with E-state index in [1.807, 2.05) is 0 Å². The van der Waals surface area contributed by atoms with E-state index in [0.29, 0.717) is 5.92 Å². The molecular formula is C14H30N2O. The Morgan fingerprint density at radius 3 is 2.53 bits per heavy atom. The van der Waals surface area contributed by atoms with Crippen LogP contribution in [0.3, 0.4) is 0 Å². The van der Waals surface area contributed by atoms with Crippen LogP contribution in [0.25, 0.3) is 0 Å². The van der Waals surface area contributed by atoms with Crippen LogP contribution in [0.4, 0.5) is 0 Å². The lowest BCUT2D eigenvalue weighted by Gasteiger charge is -2.50. The van der Waals surface area contributed by atoms with Gasteiger partial charge in [0, 0.05) is 25.2 Å². The number of rotatable bonds is 5. The Kier molecular flexibility index (Phi) is 4.99. The summed E-state index contributed by atoms with van der Waals surface area (Å²) in [5.74, 6) is 0.680. The monoisotopic (exact) mass is 242 g/mol. The van der Waals surface area contributed by atoms with Crippen molar-refractivity contribution in [2.75, 3.05) is 26.7 Å². The van der Waals surface area contributed by atoms with E-state index in [9.17, 15) is 0 Å². The smallest absolute Gasteiger partial charge is 0.0670 e. The molecule has 1 saturated heterocycles. The van der Waals surface area contributed by atoms with Crippen molar-refractivity contribution in [2.45, 2.75) is 58.1 Å². The molecule has 0 aromatic rings. The zero-order valence-electron chi connectivity index (χ0n) is 12.3. The van der Waals surface area contributed by atoms with E-state index in [-0.39, 0.29) is 11.1 Å². The van der Waals surface area contributed by atoms with Crippen LogP contribution in [0.5, 0.6) is 0 Å². The average molecular weight is 242 g/mol. The highest BCUT2D eigenvalue weighted by molar-refractivity contribution is 4.99. The summed E-state index contributed by atoms with van der Waals surface area (Å²) in [6.07, 6.45) is 3.17. The molecule has 1 rings (SSSR count). The van der Waals surface area contributed by atoms with E-state index < -0.39 is 0 Å².